The Kier molecular flexibility index (Phi) is 4.87. The minimum Gasteiger partial charge on any atom is -0.469 e. The van der Waals surface area contributed by atoms with Crippen LogP contribution in [0.15, 0.2) is 69.5 Å². The highest BCUT2D eigenvalue weighted by Gasteiger charge is 2.23. The van der Waals surface area contributed by atoms with Gasteiger partial charge in [0.1, 0.15) is 10.7 Å². The van der Waals surface area contributed by atoms with Crippen LogP contribution in [0.4, 0.5) is 0 Å². The largest absolute Gasteiger partial charge is 0.469 e. The zero-order chi connectivity index (χ0) is 16.3. The minimum absolute atomic E-state index is 0.0750. The van der Waals surface area contributed by atoms with Gasteiger partial charge < -0.3 is 4.42 Å². The van der Waals surface area contributed by atoms with Crippen molar-refractivity contribution in [2.75, 3.05) is 6.54 Å². The van der Waals surface area contributed by atoms with Gasteiger partial charge in [-0.3, -0.25) is 0 Å². The number of benzene rings is 1. The fourth-order valence-corrected chi connectivity index (χ4v) is 4.65. The monoisotopic (exact) mass is 367 g/mol. The predicted octanol–water partition coefficient (Wildman–Crippen LogP) is 4.10. The SMILES string of the molecule is O=S(=O)(NC[C@H](c1ccco1)c1cccs1)c1ccccc1Cl. The molecule has 0 saturated carbocycles. The van der Waals surface area contributed by atoms with Gasteiger partial charge >= 0.3 is 0 Å². The topological polar surface area (TPSA) is 59.3 Å². The molecule has 1 atom stereocenters. The second kappa shape index (κ2) is 6.88. The average molecular weight is 368 g/mol. The summed E-state index contributed by atoms with van der Waals surface area (Å²) in [6.45, 7) is 0.196. The van der Waals surface area contributed by atoms with Crippen LogP contribution in [0.3, 0.4) is 0 Å². The van der Waals surface area contributed by atoms with E-state index in [-0.39, 0.29) is 22.4 Å². The lowest BCUT2D eigenvalue weighted by molar-refractivity contribution is 0.483. The zero-order valence-electron chi connectivity index (χ0n) is 12.0. The highest BCUT2D eigenvalue weighted by Crippen LogP contribution is 2.29. The van der Waals surface area contributed by atoms with E-state index in [2.05, 4.69) is 4.72 Å². The Bertz CT molecular complexity index is 824. The van der Waals surface area contributed by atoms with Gasteiger partial charge in [0.2, 0.25) is 10.0 Å². The third-order valence-corrected chi connectivity index (χ3v) is 6.29. The Morgan fingerprint density at radius 3 is 2.61 bits per heavy atom. The molecule has 7 heteroatoms. The second-order valence-corrected chi connectivity index (χ2v) is 7.99. The molecule has 0 bridgehead atoms. The first-order valence-electron chi connectivity index (χ1n) is 6.89. The van der Waals surface area contributed by atoms with E-state index in [1.165, 1.54) is 6.07 Å². The molecule has 0 spiro atoms. The van der Waals surface area contributed by atoms with Crippen molar-refractivity contribution in [2.45, 2.75) is 10.8 Å². The fourth-order valence-electron chi connectivity index (χ4n) is 2.25. The van der Waals surface area contributed by atoms with Crippen LogP contribution in [0, 0.1) is 0 Å². The van der Waals surface area contributed by atoms with Gasteiger partial charge in [-0.25, -0.2) is 13.1 Å². The summed E-state index contributed by atoms with van der Waals surface area (Å²) in [4.78, 5) is 1.10. The molecular formula is C16H14ClNO3S2. The van der Waals surface area contributed by atoms with Crippen molar-refractivity contribution in [3.63, 3.8) is 0 Å². The normalized spacial score (nSPS) is 13.1. The van der Waals surface area contributed by atoms with Gasteiger partial charge in [-0.1, -0.05) is 29.8 Å². The molecule has 23 heavy (non-hydrogen) atoms. The standard InChI is InChI=1S/C16H14ClNO3S2/c17-13-5-1-2-8-16(13)23(19,20)18-11-12(14-6-3-9-21-14)15-7-4-10-22-15/h1-10,12,18H,11H2/t12-/m1/s1. The Labute approximate surface area is 143 Å². The first kappa shape index (κ1) is 16.3. The molecule has 1 N–H and O–H groups in total. The van der Waals surface area contributed by atoms with Crippen LogP contribution < -0.4 is 4.72 Å². The molecule has 0 aliphatic rings. The van der Waals surface area contributed by atoms with E-state index < -0.39 is 10.0 Å². The summed E-state index contributed by atoms with van der Waals surface area (Å²) in [5.41, 5.74) is 0. The van der Waals surface area contributed by atoms with Crippen molar-refractivity contribution in [3.8, 4) is 0 Å². The van der Waals surface area contributed by atoms with Crippen LogP contribution in [0.5, 0.6) is 0 Å². The van der Waals surface area contributed by atoms with Crippen LogP contribution in [0.25, 0.3) is 0 Å². The Morgan fingerprint density at radius 1 is 1.13 bits per heavy atom. The summed E-state index contributed by atoms with van der Waals surface area (Å²) in [5, 5.41) is 2.15. The molecule has 3 rings (SSSR count). The molecule has 2 heterocycles. The van der Waals surface area contributed by atoms with Gasteiger partial charge in [0.05, 0.1) is 17.2 Å². The summed E-state index contributed by atoms with van der Waals surface area (Å²) in [6, 6.07) is 13.9. The Hall–Kier alpha value is -1.60. The highest BCUT2D eigenvalue weighted by atomic mass is 35.5. The number of hydrogen-bond acceptors (Lipinski definition) is 4. The van der Waals surface area contributed by atoms with Crippen molar-refractivity contribution >= 4 is 33.0 Å². The lowest BCUT2D eigenvalue weighted by Gasteiger charge is -2.15. The van der Waals surface area contributed by atoms with E-state index in [9.17, 15) is 8.42 Å². The Balaban J connectivity index is 1.84. The highest BCUT2D eigenvalue weighted by molar-refractivity contribution is 7.89. The summed E-state index contributed by atoms with van der Waals surface area (Å²) in [6.07, 6.45) is 1.58. The number of hydrogen-bond donors (Lipinski definition) is 1. The minimum atomic E-state index is -3.69. The van der Waals surface area contributed by atoms with E-state index in [1.54, 1.807) is 41.9 Å². The lowest BCUT2D eigenvalue weighted by Crippen LogP contribution is -2.28. The van der Waals surface area contributed by atoms with Crippen LogP contribution in [0.1, 0.15) is 16.6 Å². The van der Waals surface area contributed by atoms with E-state index in [1.807, 2.05) is 23.6 Å². The molecule has 4 nitrogen and oxygen atoms in total. The summed E-state index contributed by atoms with van der Waals surface area (Å²) in [7, 11) is -3.69. The third-order valence-electron chi connectivity index (χ3n) is 3.38. The van der Waals surface area contributed by atoms with Crippen molar-refractivity contribution in [1.82, 2.24) is 4.72 Å². The molecule has 0 amide bonds. The number of rotatable bonds is 6. The van der Waals surface area contributed by atoms with Crippen molar-refractivity contribution in [1.29, 1.82) is 0 Å². The van der Waals surface area contributed by atoms with Crippen LogP contribution >= 0.6 is 22.9 Å². The number of furan rings is 1. The zero-order valence-corrected chi connectivity index (χ0v) is 14.4. The maximum Gasteiger partial charge on any atom is 0.242 e. The first-order valence-corrected chi connectivity index (χ1v) is 9.63. The van der Waals surface area contributed by atoms with Gasteiger partial charge in [0.15, 0.2) is 0 Å². The number of thiophene rings is 1. The molecule has 1 aromatic carbocycles. The van der Waals surface area contributed by atoms with E-state index in [4.69, 9.17) is 16.0 Å². The van der Waals surface area contributed by atoms with E-state index in [0.29, 0.717) is 5.76 Å². The fraction of sp³-hybridized carbons (Fsp3) is 0.125. The molecule has 3 aromatic rings. The number of nitrogens with one attached hydrogen (secondary N) is 1. The first-order chi connectivity index (χ1) is 11.1. The molecule has 2 aromatic heterocycles. The van der Waals surface area contributed by atoms with Crippen LogP contribution in [-0.2, 0) is 10.0 Å². The van der Waals surface area contributed by atoms with Gasteiger partial charge in [-0.2, -0.15) is 0 Å². The summed E-state index contributed by atoms with van der Waals surface area (Å²) >= 11 is 7.55. The van der Waals surface area contributed by atoms with Crippen molar-refractivity contribution in [3.05, 3.63) is 75.8 Å². The van der Waals surface area contributed by atoms with Crippen molar-refractivity contribution in [2.24, 2.45) is 0 Å². The molecular weight excluding hydrogens is 354 g/mol. The molecule has 0 aliphatic heterocycles. The van der Waals surface area contributed by atoms with Gasteiger partial charge in [0.25, 0.3) is 0 Å². The van der Waals surface area contributed by atoms with Gasteiger partial charge in [-0.15, -0.1) is 11.3 Å². The maximum absolute atomic E-state index is 12.5. The number of sulfonamides is 1. The van der Waals surface area contributed by atoms with Gasteiger partial charge in [0, 0.05) is 11.4 Å². The number of halogens is 1. The lowest BCUT2D eigenvalue weighted by atomic mass is 10.1. The molecule has 0 aliphatic carbocycles. The smallest absolute Gasteiger partial charge is 0.242 e. The summed E-state index contributed by atoms with van der Waals surface area (Å²) in [5.74, 6) is 0.538. The summed E-state index contributed by atoms with van der Waals surface area (Å²) < 4.78 is 33.0. The predicted molar refractivity (Wildman–Crippen MR) is 91.5 cm³/mol. The Morgan fingerprint density at radius 2 is 1.96 bits per heavy atom. The third kappa shape index (κ3) is 3.67. The average Bonchev–Trinajstić information content (AvgIpc) is 3.21. The molecule has 0 unspecified atom stereocenters. The van der Waals surface area contributed by atoms with Crippen molar-refractivity contribution < 1.29 is 12.8 Å². The molecule has 0 radical (unpaired) electrons. The van der Waals surface area contributed by atoms with Crippen LogP contribution in [-0.4, -0.2) is 15.0 Å². The van der Waals surface area contributed by atoms with Crippen LogP contribution in [0.2, 0.25) is 5.02 Å². The molecule has 0 fully saturated rings. The molecule has 0 saturated heterocycles. The van der Waals surface area contributed by atoms with E-state index >= 15 is 0 Å². The quantitative estimate of drug-likeness (QED) is 0.713. The van der Waals surface area contributed by atoms with Gasteiger partial charge in [-0.05, 0) is 35.7 Å². The maximum atomic E-state index is 12.5. The second-order valence-electron chi connectivity index (χ2n) is 4.87. The van der Waals surface area contributed by atoms with E-state index in [0.717, 1.165) is 4.88 Å². The molecule has 120 valence electrons.